The van der Waals surface area contributed by atoms with Crippen molar-refractivity contribution in [2.24, 2.45) is 5.73 Å². The normalized spacial score (nSPS) is 26.3. The van der Waals surface area contributed by atoms with E-state index in [2.05, 4.69) is 17.2 Å². The molecule has 7 N–H and O–H groups in total. The van der Waals surface area contributed by atoms with Crippen LogP contribution in [0.2, 0.25) is 0 Å². The third-order valence-electron chi connectivity index (χ3n) is 4.34. The van der Waals surface area contributed by atoms with Crippen LogP contribution in [0.1, 0.15) is 25.7 Å². The van der Waals surface area contributed by atoms with Crippen LogP contribution in [0.4, 0.5) is 4.79 Å². The molecule has 3 unspecified atom stereocenters. The summed E-state index contributed by atoms with van der Waals surface area (Å²) in [4.78, 5) is 35.3. The highest BCUT2D eigenvalue weighted by Gasteiger charge is 2.39. The summed E-state index contributed by atoms with van der Waals surface area (Å²) in [6.07, 6.45) is -2.47. The second-order valence-electron chi connectivity index (χ2n) is 6.50. The number of carbonyl (C=O) groups excluding carboxylic acids is 2. The van der Waals surface area contributed by atoms with Crippen molar-refractivity contribution < 1.29 is 39.6 Å². The number of urea groups is 1. The standard InChI is InChI=1S/C17H24N4O8/c18-16-10(3-1-2-6-21(28)13(24)4-5-15(25)26)8-20(17(27)19-16)14-7-11(23)12(9-22)29-14/h8,11-12,14,16,22-23,28H,2,4-7,9,18H2,(H,19,27)(H,25,26)/t11-,12?,14?,16?/m0/s1. The van der Waals surface area contributed by atoms with Gasteiger partial charge in [0.2, 0.25) is 5.91 Å². The van der Waals surface area contributed by atoms with Crippen LogP contribution in [0.25, 0.3) is 0 Å². The zero-order valence-corrected chi connectivity index (χ0v) is 15.5. The van der Waals surface area contributed by atoms with E-state index < -0.39 is 42.5 Å². The number of carbonyl (C=O) groups is 3. The molecule has 1 fully saturated rings. The Labute approximate surface area is 166 Å². The molecular weight excluding hydrogens is 388 g/mol. The fourth-order valence-corrected chi connectivity index (χ4v) is 2.74. The van der Waals surface area contributed by atoms with Crippen LogP contribution in [-0.2, 0) is 14.3 Å². The maximum absolute atomic E-state index is 12.1. The Hall–Kier alpha value is -2.69. The third-order valence-corrected chi connectivity index (χ3v) is 4.34. The first kappa shape index (κ1) is 22.6. The van der Waals surface area contributed by atoms with Crippen LogP contribution >= 0.6 is 0 Å². The largest absolute Gasteiger partial charge is 0.481 e. The van der Waals surface area contributed by atoms with Gasteiger partial charge in [0.1, 0.15) is 18.5 Å². The topological polar surface area (TPSA) is 186 Å². The number of aliphatic hydroxyl groups excluding tert-OH is 2. The highest BCUT2D eigenvalue weighted by atomic mass is 16.5. The number of amides is 3. The van der Waals surface area contributed by atoms with E-state index in [1.165, 1.54) is 11.1 Å². The van der Waals surface area contributed by atoms with Gasteiger partial charge in [-0.3, -0.25) is 19.7 Å². The average Bonchev–Trinajstić information content (AvgIpc) is 3.04. The Bertz CT molecular complexity index is 731. The summed E-state index contributed by atoms with van der Waals surface area (Å²) >= 11 is 0. The van der Waals surface area contributed by atoms with Crippen molar-refractivity contribution >= 4 is 17.9 Å². The number of aliphatic hydroxyl groups is 2. The summed E-state index contributed by atoms with van der Waals surface area (Å²) < 4.78 is 5.45. The van der Waals surface area contributed by atoms with E-state index in [1.54, 1.807) is 0 Å². The minimum Gasteiger partial charge on any atom is -0.481 e. The van der Waals surface area contributed by atoms with Gasteiger partial charge < -0.3 is 31.1 Å². The van der Waals surface area contributed by atoms with Crippen molar-refractivity contribution in [2.45, 2.75) is 50.3 Å². The number of nitrogens with zero attached hydrogens (tertiary/aromatic N) is 2. The van der Waals surface area contributed by atoms with Gasteiger partial charge in [0.05, 0.1) is 31.2 Å². The number of carboxylic acids is 1. The summed E-state index contributed by atoms with van der Waals surface area (Å²) in [6, 6.07) is -0.538. The highest BCUT2D eigenvalue weighted by molar-refractivity contribution is 5.80. The summed E-state index contributed by atoms with van der Waals surface area (Å²) in [5.41, 5.74) is 6.18. The van der Waals surface area contributed by atoms with Crippen LogP contribution < -0.4 is 11.1 Å². The van der Waals surface area contributed by atoms with Crippen molar-refractivity contribution in [1.29, 1.82) is 0 Å². The molecule has 0 radical (unpaired) electrons. The molecule has 0 aliphatic carbocycles. The van der Waals surface area contributed by atoms with Crippen LogP contribution in [-0.4, -0.2) is 86.2 Å². The number of rotatable bonds is 7. The highest BCUT2D eigenvalue weighted by Crippen LogP contribution is 2.25. The SMILES string of the molecule is NC1NC(=O)N(C2C[C@H](O)C(CO)O2)C=C1C#CCCN(O)C(=O)CCC(=O)O. The Morgan fingerprint density at radius 1 is 1.41 bits per heavy atom. The molecule has 4 atom stereocenters. The fraction of sp³-hybridized carbons (Fsp3) is 0.588. The van der Waals surface area contributed by atoms with E-state index in [0.29, 0.717) is 10.6 Å². The van der Waals surface area contributed by atoms with Gasteiger partial charge in [-0.2, -0.15) is 0 Å². The van der Waals surface area contributed by atoms with Crippen LogP contribution in [0.3, 0.4) is 0 Å². The van der Waals surface area contributed by atoms with Gasteiger partial charge in [0.15, 0.2) is 0 Å². The number of aliphatic carboxylic acids is 1. The lowest BCUT2D eigenvalue weighted by molar-refractivity contribution is -0.166. The quantitative estimate of drug-likeness (QED) is 0.158. The first-order chi connectivity index (χ1) is 13.7. The Balaban J connectivity index is 1.94. The molecule has 0 aromatic rings. The van der Waals surface area contributed by atoms with Gasteiger partial charge in [-0.25, -0.2) is 9.86 Å². The molecule has 2 aliphatic heterocycles. The van der Waals surface area contributed by atoms with E-state index in [4.69, 9.17) is 20.7 Å². The van der Waals surface area contributed by atoms with Gasteiger partial charge >= 0.3 is 12.0 Å². The Morgan fingerprint density at radius 2 is 2.14 bits per heavy atom. The van der Waals surface area contributed by atoms with Gasteiger partial charge in [-0.15, -0.1) is 0 Å². The van der Waals surface area contributed by atoms with Crippen molar-refractivity contribution in [3.05, 3.63) is 11.8 Å². The molecule has 12 nitrogen and oxygen atoms in total. The molecule has 12 heteroatoms. The Morgan fingerprint density at radius 3 is 2.76 bits per heavy atom. The molecule has 2 aliphatic rings. The molecule has 0 aromatic heterocycles. The molecule has 2 rings (SSSR count). The molecule has 0 bridgehead atoms. The lowest BCUT2D eigenvalue weighted by atomic mass is 10.1. The summed E-state index contributed by atoms with van der Waals surface area (Å²) in [5, 5.41) is 40.0. The fourth-order valence-electron chi connectivity index (χ4n) is 2.74. The number of carboxylic acid groups (broad SMARTS) is 1. The minimum atomic E-state index is -1.14. The minimum absolute atomic E-state index is 0.0819. The van der Waals surface area contributed by atoms with E-state index >= 15 is 0 Å². The van der Waals surface area contributed by atoms with Crippen molar-refractivity contribution in [2.75, 3.05) is 13.2 Å². The van der Waals surface area contributed by atoms with E-state index in [-0.39, 0.29) is 38.8 Å². The summed E-state index contributed by atoms with van der Waals surface area (Å²) in [6.45, 7) is -0.508. The van der Waals surface area contributed by atoms with E-state index in [9.17, 15) is 24.7 Å². The molecule has 160 valence electrons. The molecule has 29 heavy (non-hydrogen) atoms. The predicted octanol–water partition coefficient (Wildman–Crippen LogP) is -1.88. The maximum Gasteiger partial charge on any atom is 0.325 e. The molecule has 3 amide bonds. The maximum atomic E-state index is 12.1. The van der Waals surface area contributed by atoms with Crippen LogP contribution in [0.15, 0.2) is 11.8 Å². The van der Waals surface area contributed by atoms with Crippen LogP contribution in [0.5, 0.6) is 0 Å². The molecule has 0 saturated carbocycles. The number of hydrogen-bond acceptors (Lipinski definition) is 8. The van der Waals surface area contributed by atoms with Gasteiger partial charge in [-0.05, 0) is 0 Å². The summed E-state index contributed by atoms with van der Waals surface area (Å²) in [5.74, 6) is 3.60. The predicted molar refractivity (Wildman–Crippen MR) is 95.6 cm³/mol. The lowest BCUT2D eigenvalue weighted by Crippen LogP contribution is -2.54. The summed E-state index contributed by atoms with van der Waals surface area (Å²) in [7, 11) is 0. The first-order valence-corrected chi connectivity index (χ1v) is 8.93. The van der Waals surface area contributed by atoms with Crippen molar-refractivity contribution in [3.8, 4) is 11.8 Å². The van der Waals surface area contributed by atoms with E-state index in [1.807, 2.05) is 0 Å². The van der Waals surface area contributed by atoms with Crippen molar-refractivity contribution in [3.63, 3.8) is 0 Å². The van der Waals surface area contributed by atoms with Crippen LogP contribution in [0, 0.1) is 11.8 Å². The number of ether oxygens (including phenoxy) is 1. The Kier molecular flexibility index (Phi) is 7.94. The van der Waals surface area contributed by atoms with Gasteiger partial charge in [0, 0.05) is 25.5 Å². The second-order valence-corrected chi connectivity index (χ2v) is 6.50. The molecule has 1 saturated heterocycles. The monoisotopic (exact) mass is 412 g/mol. The zero-order valence-electron chi connectivity index (χ0n) is 15.5. The third kappa shape index (κ3) is 6.14. The van der Waals surface area contributed by atoms with Gasteiger partial charge in [-0.1, -0.05) is 11.8 Å². The molecule has 0 spiro atoms. The zero-order chi connectivity index (χ0) is 21.6. The number of nitrogens with two attached hydrogens (primary N) is 1. The molecular formula is C17H24N4O8. The number of hydrogen-bond donors (Lipinski definition) is 6. The van der Waals surface area contributed by atoms with E-state index in [0.717, 1.165) is 0 Å². The second kappa shape index (κ2) is 10.2. The average molecular weight is 412 g/mol. The van der Waals surface area contributed by atoms with Crippen molar-refractivity contribution in [1.82, 2.24) is 15.3 Å². The lowest BCUT2D eigenvalue weighted by Gasteiger charge is -2.31. The number of hydroxylamine groups is 2. The molecule has 2 heterocycles. The van der Waals surface area contributed by atoms with Gasteiger partial charge in [0.25, 0.3) is 0 Å². The number of nitrogens with one attached hydrogen (secondary N) is 1. The smallest absolute Gasteiger partial charge is 0.325 e. The molecule has 0 aromatic carbocycles. The first-order valence-electron chi connectivity index (χ1n) is 8.93.